The molecule has 0 aliphatic heterocycles. The lowest BCUT2D eigenvalue weighted by Crippen LogP contribution is -2.24. The summed E-state index contributed by atoms with van der Waals surface area (Å²) in [5.41, 5.74) is 0. The van der Waals surface area contributed by atoms with Gasteiger partial charge in [-0.25, -0.2) is 4.39 Å². The molecule has 1 aromatic carbocycles. The number of aromatic nitrogens is 3. The maximum Gasteiger partial charge on any atom is 0.191 e. The highest BCUT2D eigenvalue weighted by Gasteiger charge is 2.13. The van der Waals surface area contributed by atoms with Crippen molar-refractivity contribution in [2.24, 2.45) is 0 Å². The van der Waals surface area contributed by atoms with Crippen molar-refractivity contribution >= 4 is 11.8 Å². The summed E-state index contributed by atoms with van der Waals surface area (Å²) < 4.78 is 21.2. The Morgan fingerprint density at radius 2 is 2.04 bits per heavy atom. The number of hydrogen-bond donors (Lipinski definition) is 0. The molecule has 0 fully saturated rings. The Balaban J connectivity index is 1.94. The smallest absolute Gasteiger partial charge is 0.191 e. The molecule has 0 N–H and O–H groups in total. The molecule has 0 bridgehead atoms. The van der Waals surface area contributed by atoms with Crippen LogP contribution < -0.4 is 4.74 Å². The molecule has 0 unspecified atom stereocenters. The first kappa shape index (κ1) is 20.5. The van der Waals surface area contributed by atoms with Crippen molar-refractivity contribution in [3.8, 4) is 5.75 Å². The van der Waals surface area contributed by atoms with Crippen LogP contribution in [-0.2, 0) is 13.2 Å². The molecule has 0 amide bonds. The number of hydrogen-bond acceptors (Lipinski definition) is 5. The molecular formula is C19H27FN4OS. The van der Waals surface area contributed by atoms with E-state index in [0.717, 1.165) is 37.0 Å². The monoisotopic (exact) mass is 378 g/mol. The van der Waals surface area contributed by atoms with Crippen molar-refractivity contribution in [2.45, 2.75) is 38.6 Å². The van der Waals surface area contributed by atoms with E-state index in [4.69, 9.17) is 4.74 Å². The molecule has 7 heteroatoms. The first-order chi connectivity index (χ1) is 12.7. The van der Waals surface area contributed by atoms with Crippen LogP contribution >= 0.6 is 11.8 Å². The summed E-state index contributed by atoms with van der Waals surface area (Å²) in [5.74, 6) is 1.47. The first-order valence-corrected chi connectivity index (χ1v) is 9.93. The zero-order valence-electron chi connectivity index (χ0n) is 15.5. The Morgan fingerprint density at radius 3 is 2.73 bits per heavy atom. The number of halogens is 1. The van der Waals surface area contributed by atoms with Gasteiger partial charge in [-0.05, 0) is 38.2 Å². The van der Waals surface area contributed by atoms with E-state index in [1.54, 1.807) is 36.0 Å². The van der Waals surface area contributed by atoms with Crippen LogP contribution in [0.25, 0.3) is 0 Å². The summed E-state index contributed by atoms with van der Waals surface area (Å²) >= 11 is 1.68. The van der Waals surface area contributed by atoms with E-state index < -0.39 is 0 Å². The van der Waals surface area contributed by atoms with Gasteiger partial charge in [0.2, 0.25) is 0 Å². The lowest BCUT2D eigenvalue weighted by Gasteiger charge is -2.17. The summed E-state index contributed by atoms with van der Waals surface area (Å²) in [5, 5.41) is 9.32. The summed E-state index contributed by atoms with van der Waals surface area (Å²) in [6, 6.07) is 6.35. The van der Waals surface area contributed by atoms with Gasteiger partial charge in [0.05, 0.1) is 0 Å². The molecule has 1 heterocycles. The number of rotatable bonds is 12. The lowest BCUT2D eigenvalue weighted by atomic mass is 10.3. The minimum Gasteiger partial charge on any atom is -0.483 e. The molecule has 2 aromatic rings. The highest BCUT2D eigenvalue weighted by atomic mass is 32.2. The van der Waals surface area contributed by atoms with Crippen molar-refractivity contribution in [1.82, 2.24) is 19.7 Å². The largest absolute Gasteiger partial charge is 0.483 e. The number of ether oxygens (including phenoxy) is 1. The van der Waals surface area contributed by atoms with Crippen molar-refractivity contribution in [2.75, 3.05) is 25.4 Å². The molecule has 0 saturated carbocycles. The number of nitrogens with zero attached hydrogens (tertiary/aromatic N) is 4. The molecule has 142 valence electrons. The predicted molar refractivity (Wildman–Crippen MR) is 104 cm³/mol. The van der Waals surface area contributed by atoms with E-state index in [1.165, 1.54) is 6.07 Å². The molecular weight excluding hydrogens is 351 g/mol. The zero-order valence-corrected chi connectivity index (χ0v) is 16.3. The highest BCUT2D eigenvalue weighted by Crippen LogP contribution is 2.21. The van der Waals surface area contributed by atoms with E-state index in [2.05, 4.69) is 35.5 Å². The van der Waals surface area contributed by atoms with Gasteiger partial charge >= 0.3 is 0 Å². The molecule has 0 atom stereocenters. The summed E-state index contributed by atoms with van der Waals surface area (Å²) in [7, 11) is 0. The van der Waals surface area contributed by atoms with E-state index in [0.29, 0.717) is 12.4 Å². The first-order valence-electron chi connectivity index (χ1n) is 8.95. The van der Waals surface area contributed by atoms with Crippen molar-refractivity contribution in [3.63, 3.8) is 0 Å². The van der Waals surface area contributed by atoms with Gasteiger partial charge in [0.15, 0.2) is 22.5 Å². The molecule has 5 nitrogen and oxygen atoms in total. The fourth-order valence-electron chi connectivity index (χ4n) is 2.54. The fraction of sp³-hybridized carbons (Fsp3) is 0.474. The standard InChI is InChI=1S/C19H27FN4OS/c1-4-12-24-18(15-25-17-11-8-7-10-16(17)20)21-22-19(24)26-14-9-13-23(5-2)6-3/h4,7-8,10-11H,1,5-6,9,12-15H2,2-3H3. The van der Waals surface area contributed by atoms with Gasteiger partial charge in [-0.15, -0.1) is 16.8 Å². The van der Waals surface area contributed by atoms with Crippen LogP contribution in [0.4, 0.5) is 4.39 Å². The Labute approximate surface area is 159 Å². The Bertz CT molecular complexity index is 688. The average Bonchev–Trinajstić information content (AvgIpc) is 3.03. The Morgan fingerprint density at radius 1 is 1.27 bits per heavy atom. The van der Waals surface area contributed by atoms with Crippen LogP contribution in [0.3, 0.4) is 0 Å². The van der Waals surface area contributed by atoms with Crippen LogP contribution in [0.1, 0.15) is 26.1 Å². The number of benzene rings is 1. The van der Waals surface area contributed by atoms with E-state index in [1.807, 2.05) is 4.57 Å². The molecule has 2 rings (SSSR count). The molecule has 0 aliphatic rings. The van der Waals surface area contributed by atoms with Crippen LogP contribution in [0.5, 0.6) is 5.75 Å². The van der Waals surface area contributed by atoms with Crippen LogP contribution in [-0.4, -0.2) is 45.1 Å². The van der Waals surface area contributed by atoms with Crippen LogP contribution in [0, 0.1) is 5.82 Å². The SMILES string of the molecule is C=CCn1c(COc2ccccc2F)nnc1SCCCN(CC)CC. The van der Waals surface area contributed by atoms with Gasteiger partial charge < -0.3 is 9.64 Å². The van der Waals surface area contributed by atoms with Crippen molar-refractivity contribution in [1.29, 1.82) is 0 Å². The second kappa shape index (κ2) is 11.0. The molecule has 26 heavy (non-hydrogen) atoms. The summed E-state index contributed by atoms with van der Waals surface area (Å²) in [6.07, 6.45) is 2.89. The molecule has 0 aliphatic carbocycles. The molecule has 1 aromatic heterocycles. The maximum absolute atomic E-state index is 13.7. The molecule has 0 radical (unpaired) electrons. The quantitative estimate of drug-likeness (QED) is 0.317. The maximum atomic E-state index is 13.7. The minimum atomic E-state index is -0.381. The van der Waals surface area contributed by atoms with Gasteiger partial charge in [0.25, 0.3) is 0 Å². The molecule has 0 spiro atoms. The van der Waals surface area contributed by atoms with E-state index in [-0.39, 0.29) is 18.2 Å². The molecule has 0 saturated heterocycles. The second-order valence-corrected chi connectivity index (χ2v) is 6.81. The van der Waals surface area contributed by atoms with Crippen molar-refractivity contribution in [3.05, 3.63) is 48.6 Å². The summed E-state index contributed by atoms with van der Waals surface area (Å²) in [4.78, 5) is 2.41. The second-order valence-electron chi connectivity index (χ2n) is 5.75. The van der Waals surface area contributed by atoms with Gasteiger partial charge in [-0.2, -0.15) is 0 Å². The van der Waals surface area contributed by atoms with Crippen LogP contribution in [0.15, 0.2) is 42.1 Å². The van der Waals surface area contributed by atoms with E-state index in [9.17, 15) is 4.39 Å². The van der Waals surface area contributed by atoms with Gasteiger partial charge in [0, 0.05) is 12.3 Å². The van der Waals surface area contributed by atoms with Gasteiger partial charge in [-0.1, -0.05) is 43.8 Å². The fourth-order valence-corrected chi connectivity index (χ4v) is 3.43. The number of thioether (sulfide) groups is 1. The van der Waals surface area contributed by atoms with E-state index >= 15 is 0 Å². The Kier molecular flexibility index (Phi) is 8.64. The minimum absolute atomic E-state index is 0.168. The average molecular weight is 379 g/mol. The van der Waals surface area contributed by atoms with Crippen LogP contribution in [0.2, 0.25) is 0 Å². The van der Waals surface area contributed by atoms with Gasteiger partial charge in [0.1, 0.15) is 6.61 Å². The van der Waals surface area contributed by atoms with Gasteiger partial charge in [-0.3, -0.25) is 4.57 Å². The lowest BCUT2D eigenvalue weighted by molar-refractivity contribution is 0.275. The zero-order chi connectivity index (χ0) is 18.8. The third-order valence-electron chi connectivity index (χ3n) is 4.04. The normalized spacial score (nSPS) is 11.1. The predicted octanol–water partition coefficient (Wildman–Crippen LogP) is 4.01. The highest BCUT2D eigenvalue weighted by molar-refractivity contribution is 7.99. The van der Waals surface area contributed by atoms with Crippen molar-refractivity contribution < 1.29 is 9.13 Å². The number of allylic oxidation sites excluding steroid dienone is 1. The third-order valence-corrected chi connectivity index (χ3v) is 5.10. The summed E-state index contributed by atoms with van der Waals surface area (Å²) in [6.45, 7) is 12.2. The third kappa shape index (κ3) is 5.85. The number of para-hydroxylation sites is 1. The Hall–Kier alpha value is -1.86. The topological polar surface area (TPSA) is 43.2 Å².